The van der Waals surface area contributed by atoms with Crippen LogP contribution in [0.1, 0.15) is 17.3 Å². The smallest absolute Gasteiger partial charge is 0.326 e. The molecule has 0 aliphatic carbocycles. The van der Waals surface area contributed by atoms with Crippen LogP contribution < -0.4 is 16.0 Å². The molecule has 2 aromatic rings. The fourth-order valence-corrected chi connectivity index (χ4v) is 2.88. The Morgan fingerprint density at radius 2 is 1.65 bits per heavy atom. The zero-order valence-corrected chi connectivity index (χ0v) is 17.0. The van der Waals surface area contributed by atoms with E-state index in [2.05, 4.69) is 22.5 Å². The number of carbonyl (C=O) groups excluding carboxylic acids is 3. The van der Waals surface area contributed by atoms with Gasteiger partial charge in [-0.2, -0.15) is 0 Å². The van der Waals surface area contributed by atoms with Crippen LogP contribution in [0.25, 0.3) is 0 Å². The van der Waals surface area contributed by atoms with Crippen molar-refractivity contribution in [2.75, 3.05) is 17.4 Å². The van der Waals surface area contributed by atoms with Crippen LogP contribution in [0.3, 0.4) is 0 Å². The molecule has 4 amide bonds. The summed E-state index contributed by atoms with van der Waals surface area (Å²) in [7, 11) is 0. The Kier molecular flexibility index (Phi) is 7.31. The van der Waals surface area contributed by atoms with Gasteiger partial charge in [-0.15, -0.1) is 6.58 Å². The van der Waals surface area contributed by atoms with Gasteiger partial charge in [-0.3, -0.25) is 14.9 Å². The number of amides is 4. The van der Waals surface area contributed by atoms with Gasteiger partial charge < -0.3 is 20.1 Å². The summed E-state index contributed by atoms with van der Waals surface area (Å²) < 4.78 is 10.7. The molecule has 31 heavy (non-hydrogen) atoms. The molecule has 1 aliphatic heterocycles. The average Bonchev–Trinajstić information content (AvgIpc) is 3.21. The van der Waals surface area contributed by atoms with E-state index in [1.165, 1.54) is 0 Å². The minimum atomic E-state index is -0.701. The van der Waals surface area contributed by atoms with Crippen LogP contribution >= 0.6 is 0 Å². The third-order valence-corrected chi connectivity index (χ3v) is 4.49. The maximum Gasteiger partial charge on any atom is 0.326 e. The number of urea groups is 1. The second-order valence-corrected chi connectivity index (χ2v) is 6.77. The molecule has 2 aromatic carbocycles. The Morgan fingerprint density at radius 3 is 2.35 bits per heavy atom. The molecule has 2 atom stereocenters. The van der Waals surface area contributed by atoms with Crippen LogP contribution in [0, 0.1) is 0 Å². The Balaban J connectivity index is 1.56. The van der Waals surface area contributed by atoms with E-state index >= 15 is 0 Å². The minimum Gasteiger partial charge on any atom is -0.345 e. The first-order chi connectivity index (χ1) is 15.0. The SMILES string of the molecule is C=CC1OCOC1/C=C(\C)C(=O)NC(=O)Nc1cccc(NC(=O)c2ccccc2)c1. The summed E-state index contributed by atoms with van der Waals surface area (Å²) in [6.45, 7) is 5.35. The van der Waals surface area contributed by atoms with Crippen molar-refractivity contribution in [3.8, 4) is 0 Å². The van der Waals surface area contributed by atoms with Gasteiger partial charge in [0.05, 0.1) is 0 Å². The highest BCUT2D eigenvalue weighted by Gasteiger charge is 2.25. The number of nitrogens with one attached hydrogen (secondary N) is 3. The van der Waals surface area contributed by atoms with Gasteiger partial charge in [-0.05, 0) is 43.3 Å². The number of rotatable bonds is 6. The fourth-order valence-electron chi connectivity index (χ4n) is 2.88. The maximum absolute atomic E-state index is 12.3. The number of benzene rings is 2. The minimum absolute atomic E-state index is 0.115. The molecule has 8 nitrogen and oxygen atoms in total. The summed E-state index contributed by atoms with van der Waals surface area (Å²) >= 11 is 0. The van der Waals surface area contributed by atoms with Gasteiger partial charge in [0.15, 0.2) is 0 Å². The predicted molar refractivity (Wildman–Crippen MR) is 117 cm³/mol. The first kappa shape index (κ1) is 21.9. The van der Waals surface area contributed by atoms with Crippen molar-refractivity contribution >= 4 is 29.2 Å². The number of imide groups is 1. The molecule has 3 N–H and O–H groups in total. The van der Waals surface area contributed by atoms with Gasteiger partial charge in [-0.25, -0.2) is 4.79 Å². The largest absolute Gasteiger partial charge is 0.345 e. The first-order valence-electron chi connectivity index (χ1n) is 9.59. The normalized spacial score (nSPS) is 18.2. The van der Waals surface area contributed by atoms with Crippen LogP contribution in [-0.2, 0) is 14.3 Å². The van der Waals surface area contributed by atoms with Crippen LogP contribution in [-0.4, -0.2) is 36.8 Å². The number of ether oxygens (including phenoxy) is 2. The van der Waals surface area contributed by atoms with Crippen LogP contribution in [0.2, 0.25) is 0 Å². The van der Waals surface area contributed by atoms with E-state index in [0.29, 0.717) is 22.5 Å². The van der Waals surface area contributed by atoms with E-state index < -0.39 is 18.0 Å². The molecule has 3 rings (SSSR count). The Labute approximate surface area is 179 Å². The summed E-state index contributed by atoms with van der Waals surface area (Å²) in [4.78, 5) is 36.8. The topological polar surface area (TPSA) is 106 Å². The average molecular weight is 421 g/mol. The zero-order valence-electron chi connectivity index (χ0n) is 17.0. The van der Waals surface area contributed by atoms with Crippen LogP contribution in [0.15, 0.2) is 78.9 Å². The summed E-state index contributed by atoms with van der Waals surface area (Å²) in [5, 5.41) is 7.59. The van der Waals surface area contributed by atoms with Gasteiger partial charge in [-0.1, -0.05) is 30.3 Å². The van der Waals surface area contributed by atoms with Crippen LogP contribution in [0.5, 0.6) is 0 Å². The molecule has 1 aliphatic rings. The predicted octanol–water partition coefficient (Wildman–Crippen LogP) is 3.46. The van der Waals surface area contributed by atoms with Crippen molar-refractivity contribution in [1.29, 1.82) is 0 Å². The number of anilines is 2. The lowest BCUT2D eigenvalue weighted by Crippen LogP contribution is -2.35. The summed E-state index contributed by atoms with van der Waals surface area (Å²) in [5.74, 6) is -0.835. The molecule has 0 aromatic heterocycles. The summed E-state index contributed by atoms with van der Waals surface area (Å²) in [6, 6.07) is 14.7. The lowest BCUT2D eigenvalue weighted by Gasteiger charge is -2.11. The highest BCUT2D eigenvalue weighted by Crippen LogP contribution is 2.18. The highest BCUT2D eigenvalue weighted by molar-refractivity contribution is 6.08. The van der Waals surface area contributed by atoms with Crippen molar-refractivity contribution in [2.24, 2.45) is 0 Å². The first-order valence-corrected chi connectivity index (χ1v) is 9.59. The molecule has 0 radical (unpaired) electrons. The number of hydrogen-bond donors (Lipinski definition) is 3. The van der Waals surface area contributed by atoms with E-state index in [1.54, 1.807) is 67.6 Å². The molecular weight excluding hydrogens is 398 g/mol. The van der Waals surface area contributed by atoms with Gasteiger partial charge in [0.25, 0.3) is 11.8 Å². The monoisotopic (exact) mass is 421 g/mol. The van der Waals surface area contributed by atoms with Crippen molar-refractivity contribution in [1.82, 2.24) is 5.32 Å². The Hall–Kier alpha value is -3.75. The van der Waals surface area contributed by atoms with E-state index in [0.717, 1.165) is 0 Å². The van der Waals surface area contributed by atoms with Crippen molar-refractivity contribution in [2.45, 2.75) is 19.1 Å². The third-order valence-electron chi connectivity index (χ3n) is 4.49. The van der Waals surface area contributed by atoms with E-state index in [1.807, 2.05) is 6.07 Å². The van der Waals surface area contributed by atoms with Gasteiger partial charge in [0.1, 0.15) is 19.0 Å². The lowest BCUT2D eigenvalue weighted by molar-refractivity contribution is -0.116. The summed E-state index contributed by atoms with van der Waals surface area (Å²) in [5.41, 5.74) is 1.74. The summed E-state index contributed by atoms with van der Waals surface area (Å²) in [6.07, 6.45) is 2.40. The molecule has 0 bridgehead atoms. The molecule has 0 spiro atoms. The van der Waals surface area contributed by atoms with Gasteiger partial charge in [0, 0.05) is 22.5 Å². The molecular formula is C23H23N3O5. The molecule has 2 unspecified atom stereocenters. The molecule has 1 saturated heterocycles. The number of hydrogen-bond acceptors (Lipinski definition) is 5. The van der Waals surface area contributed by atoms with Crippen molar-refractivity contribution in [3.05, 3.63) is 84.5 Å². The Bertz CT molecular complexity index is 1000. The van der Waals surface area contributed by atoms with E-state index in [4.69, 9.17) is 9.47 Å². The third kappa shape index (κ3) is 6.11. The van der Waals surface area contributed by atoms with Crippen LogP contribution in [0.4, 0.5) is 16.2 Å². The molecule has 8 heteroatoms. The van der Waals surface area contributed by atoms with Gasteiger partial charge >= 0.3 is 6.03 Å². The second-order valence-electron chi connectivity index (χ2n) is 6.77. The highest BCUT2D eigenvalue weighted by atomic mass is 16.7. The zero-order chi connectivity index (χ0) is 22.2. The molecule has 1 heterocycles. The van der Waals surface area contributed by atoms with Crippen molar-refractivity contribution in [3.63, 3.8) is 0 Å². The van der Waals surface area contributed by atoms with E-state index in [9.17, 15) is 14.4 Å². The Morgan fingerprint density at radius 1 is 0.968 bits per heavy atom. The standard InChI is InChI=1S/C23H23N3O5/c1-3-19-20(31-14-30-19)12-15(2)21(27)26-23(29)25-18-11-7-10-17(13-18)24-22(28)16-8-5-4-6-9-16/h3-13,19-20H,1,14H2,2H3,(H,24,28)(H2,25,26,27,29)/b15-12+. The van der Waals surface area contributed by atoms with Gasteiger partial charge in [0.2, 0.25) is 0 Å². The lowest BCUT2D eigenvalue weighted by atomic mass is 10.1. The second kappa shape index (κ2) is 10.3. The fraction of sp³-hybridized carbons (Fsp3) is 0.174. The maximum atomic E-state index is 12.3. The molecule has 160 valence electrons. The molecule has 0 saturated carbocycles. The number of carbonyl (C=O) groups is 3. The molecule has 1 fully saturated rings. The quantitative estimate of drug-likeness (QED) is 0.489. The van der Waals surface area contributed by atoms with E-state index in [-0.39, 0.29) is 18.8 Å². The van der Waals surface area contributed by atoms with Crippen molar-refractivity contribution < 1.29 is 23.9 Å².